The molecule has 6 nitrogen and oxygen atoms in total. The van der Waals surface area contributed by atoms with E-state index in [-0.39, 0.29) is 17.5 Å². The van der Waals surface area contributed by atoms with Crippen molar-refractivity contribution in [2.45, 2.75) is 19.4 Å². The van der Waals surface area contributed by atoms with Gasteiger partial charge in [-0.2, -0.15) is 0 Å². The van der Waals surface area contributed by atoms with Crippen LogP contribution in [0.2, 0.25) is 5.02 Å². The van der Waals surface area contributed by atoms with Crippen LogP contribution < -0.4 is 10.2 Å². The first-order valence-electron chi connectivity index (χ1n) is 7.79. The molecule has 24 heavy (non-hydrogen) atoms. The minimum atomic E-state index is -2.94. The van der Waals surface area contributed by atoms with Gasteiger partial charge in [0.25, 0.3) is 0 Å². The number of rotatable bonds is 5. The van der Waals surface area contributed by atoms with Crippen LogP contribution in [0.15, 0.2) is 36.7 Å². The largest absolute Gasteiger partial charge is 0.353 e. The van der Waals surface area contributed by atoms with Crippen molar-refractivity contribution in [3.8, 4) is 0 Å². The molecule has 1 saturated heterocycles. The Labute approximate surface area is 146 Å². The number of halogens is 1. The first-order chi connectivity index (χ1) is 11.5. The molecule has 1 fully saturated rings. The molecule has 1 aromatic carbocycles. The van der Waals surface area contributed by atoms with E-state index in [4.69, 9.17) is 11.6 Å². The summed E-state index contributed by atoms with van der Waals surface area (Å²) in [5, 5.41) is 3.77. The van der Waals surface area contributed by atoms with E-state index in [9.17, 15) is 8.42 Å². The molecule has 1 atom stereocenters. The topological polar surface area (TPSA) is 75.2 Å². The average Bonchev–Trinajstić information content (AvgIpc) is 2.91. The molecule has 8 heteroatoms. The van der Waals surface area contributed by atoms with E-state index in [1.165, 1.54) is 6.33 Å². The van der Waals surface area contributed by atoms with Gasteiger partial charge in [-0.3, -0.25) is 0 Å². The van der Waals surface area contributed by atoms with Gasteiger partial charge in [0, 0.05) is 18.7 Å². The highest BCUT2D eigenvalue weighted by molar-refractivity contribution is 7.91. The van der Waals surface area contributed by atoms with Crippen LogP contribution in [-0.2, 0) is 9.84 Å². The minimum absolute atomic E-state index is 0.0388. The summed E-state index contributed by atoms with van der Waals surface area (Å²) in [5.74, 6) is 1.75. The summed E-state index contributed by atoms with van der Waals surface area (Å²) in [6, 6.07) is 9.19. The van der Waals surface area contributed by atoms with Gasteiger partial charge in [-0.1, -0.05) is 23.7 Å². The number of nitrogens with zero attached hydrogens (tertiary/aromatic N) is 3. The Morgan fingerprint density at radius 2 is 2.12 bits per heavy atom. The number of sulfone groups is 1. The number of benzene rings is 1. The van der Waals surface area contributed by atoms with Crippen molar-refractivity contribution in [3.05, 3.63) is 41.7 Å². The fourth-order valence-corrected chi connectivity index (χ4v) is 4.82. The minimum Gasteiger partial charge on any atom is -0.353 e. The molecule has 2 heterocycles. The monoisotopic (exact) mass is 366 g/mol. The molecule has 1 aromatic heterocycles. The number of hydrogen-bond donors (Lipinski definition) is 1. The summed E-state index contributed by atoms with van der Waals surface area (Å²) in [7, 11) is -2.94. The van der Waals surface area contributed by atoms with Gasteiger partial charge in [0.2, 0.25) is 0 Å². The smallest absolute Gasteiger partial charge is 0.152 e. The SMILES string of the molecule is CCN(c1cc(Nc2ccccc2Cl)ncn1)C1CCS(=O)(=O)C1. The first kappa shape index (κ1) is 17.0. The molecule has 128 valence electrons. The first-order valence-corrected chi connectivity index (χ1v) is 9.99. The summed E-state index contributed by atoms with van der Waals surface area (Å²) in [6.07, 6.45) is 2.11. The molecule has 1 unspecified atom stereocenters. The van der Waals surface area contributed by atoms with Crippen molar-refractivity contribution in [1.82, 2.24) is 9.97 Å². The molecule has 0 radical (unpaired) electrons. The summed E-state index contributed by atoms with van der Waals surface area (Å²) >= 11 is 6.16. The lowest BCUT2D eigenvalue weighted by Crippen LogP contribution is -2.36. The number of hydrogen-bond acceptors (Lipinski definition) is 6. The number of anilines is 3. The normalized spacial score (nSPS) is 19.2. The zero-order chi connectivity index (χ0) is 17.2. The number of aromatic nitrogens is 2. The molecule has 1 aliphatic heterocycles. The molecule has 0 amide bonds. The molecule has 0 spiro atoms. The molecule has 0 bridgehead atoms. The maximum atomic E-state index is 11.8. The van der Waals surface area contributed by atoms with Crippen LogP contribution in [-0.4, -0.2) is 42.5 Å². The molecule has 1 N–H and O–H groups in total. The second-order valence-electron chi connectivity index (χ2n) is 5.71. The number of para-hydroxylation sites is 1. The van der Waals surface area contributed by atoms with Crippen molar-refractivity contribution in [1.29, 1.82) is 0 Å². The Morgan fingerprint density at radius 1 is 1.33 bits per heavy atom. The van der Waals surface area contributed by atoms with E-state index in [2.05, 4.69) is 15.3 Å². The van der Waals surface area contributed by atoms with Crippen LogP contribution in [0.1, 0.15) is 13.3 Å². The summed E-state index contributed by atoms with van der Waals surface area (Å²) in [4.78, 5) is 10.6. The Balaban J connectivity index is 1.83. The van der Waals surface area contributed by atoms with E-state index in [0.29, 0.717) is 29.6 Å². The predicted molar refractivity (Wildman–Crippen MR) is 96.8 cm³/mol. The van der Waals surface area contributed by atoms with Gasteiger partial charge in [-0.25, -0.2) is 18.4 Å². The molecular formula is C16H19ClN4O2S. The third-order valence-electron chi connectivity index (χ3n) is 4.07. The van der Waals surface area contributed by atoms with E-state index in [1.807, 2.05) is 36.1 Å². The lowest BCUT2D eigenvalue weighted by Gasteiger charge is -2.28. The lowest BCUT2D eigenvalue weighted by atomic mass is 10.2. The van der Waals surface area contributed by atoms with Crippen LogP contribution in [0, 0.1) is 0 Å². The van der Waals surface area contributed by atoms with Gasteiger partial charge in [0.1, 0.15) is 18.0 Å². The Kier molecular flexibility index (Phi) is 4.91. The quantitative estimate of drug-likeness (QED) is 0.876. The number of nitrogens with one attached hydrogen (secondary N) is 1. The molecule has 1 aliphatic rings. The van der Waals surface area contributed by atoms with Gasteiger partial charge in [-0.15, -0.1) is 0 Å². The van der Waals surface area contributed by atoms with E-state index >= 15 is 0 Å². The molecular weight excluding hydrogens is 348 g/mol. The molecule has 3 rings (SSSR count). The van der Waals surface area contributed by atoms with Crippen LogP contribution >= 0.6 is 11.6 Å². The van der Waals surface area contributed by atoms with Crippen molar-refractivity contribution in [2.24, 2.45) is 0 Å². The third-order valence-corrected chi connectivity index (χ3v) is 6.15. The average molecular weight is 367 g/mol. The van der Waals surface area contributed by atoms with Crippen molar-refractivity contribution >= 4 is 38.8 Å². The van der Waals surface area contributed by atoms with Gasteiger partial charge < -0.3 is 10.2 Å². The molecule has 0 saturated carbocycles. The maximum absolute atomic E-state index is 11.8. The summed E-state index contributed by atoms with van der Waals surface area (Å²) < 4.78 is 23.5. The van der Waals surface area contributed by atoms with E-state index in [0.717, 1.165) is 5.69 Å². The van der Waals surface area contributed by atoms with Crippen LogP contribution in [0.5, 0.6) is 0 Å². The van der Waals surface area contributed by atoms with Gasteiger partial charge in [-0.05, 0) is 25.5 Å². The second kappa shape index (κ2) is 6.94. The Morgan fingerprint density at radius 3 is 2.79 bits per heavy atom. The zero-order valence-corrected chi connectivity index (χ0v) is 14.9. The highest BCUT2D eigenvalue weighted by atomic mass is 35.5. The van der Waals surface area contributed by atoms with Gasteiger partial charge in [0.05, 0.1) is 22.2 Å². The van der Waals surface area contributed by atoms with Crippen LogP contribution in [0.25, 0.3) is 0 Å². The summed E-state index contributed by atoms with van der Waals surface area (Å²) in [5.41, 5.74) is 0.760. The standard InChI is InChI=1S/C16H19ClN4O2S/c1-2-21(12-7-8-24(22,23)10-12)16-9-15(18-11-19-16)20-14-6-4-3-5-13(14)17/h3-6,9,11-12H,2,7-8,10H2,1H3,(H,18,19,20). The van der Waals surface area contributed by atoms with Gasteiger partial charge >= 0.3 is 0 Å². The van der Waals surface area contributed by atoms with E-state index < -0.39 is 9.84 Å². The third kappa shape index (κ3) is 3.79. The summed E-state index contributed by atoms with van der Waals surface area (Å²) in [6.45, 7) is 2.68. The second-order valence-corrected chi connectivity index (χ2v) is 8.35. The Bertz CT molecular complexity index is 828. The van der Waals surface area contributed by atoms with Crippen LogP contribution in [0.4, 0.5) is 17.3 Å². The fraction of sp³-hybridized carbons (Fsp3) is 0.375. The van der Waals surface area contributed by atoms with E-state index in [1.54, 1.807) is 6.07 Å². The fourth-order valence-electron chi connectivity index (χ4n) is 2.90. The lowest BCUT2D eigenvalue weighted by molar-refractivity contribution is 0.599. The molecule has 2 aromatic rings. The van der Waals surface area contributed by atoms with Crippen molar-refractivity contribution < 1.29 is 8.42 Å². The molecule has 0 aliphatic carbocycles. The highest BCUT2D eigenvalue weighted by Gasteiger charge is 2.32. The maximum Gasteiger partial charge on any atom is 0.152 e. The zero-order valence-electron chi connectivity index (χ0n) is 13.3. The Hall–Kier alpha value is -1.86. The van der Waals surface area contributed by atoms with Crippen LogP contribution in [0.3, 0.4) is 0 Å². The highest BCUT2D eigenvalue weighted by Crippen LogP contribution is 2.27. The van der Waals surface area contributed by atoms with Crippen molar-refractivity contribution in [3.63, 3.8) is 0 Å². The van der Waals surface area contributed by atoms with Gasteiger partial charge in [0.15, 0.2) is 9.84 Å². The van der Waals surface area contributed by atoms with Crippen molar-refractivity contribution in [2.75, 3.05) is 28.3 Å². The predicted octanol–water partition coefficient (Wildman–Crippen LogP) is 2.89.